The first kappa shape index (κ1) is 17.5. The summed E-state index contributed by atoms with van der Waals surface area (Å²) in [6.45, 7) is 0. The number of hydrogen-bond donors (Lipinski definition) is 0. The summed E-state index contributed by atoms with van der Waals surface area (Å²) >= 11 is 0. The van der Waals surface area contributed by atoms with Gasteiger partial charge in [0, 0.05) is 25.9 Å². The minimum Gasteiger partial charge on any atom is -0.343 e. The minimum atomic E-state index is -4.72. The molecule has 0 saturated carbocycles. The van der Waals surface area contributed by atoms with Crippen molar-refractivity contribution < 1.29 is 22.5 Å². The van der Waals surface area contributed by atoms with Crippen molar-refractivity contribution in [2.24, 2.45) is 0 Å². The predicted molar refractivity (Wildman–Crippen MR) is 81.6 cm³/mol. The lowest BCUT2D eigenvalue weighted by Gasteiger charge is -2.08. The topological polar surface area (TPSA) is 97.9 Å². The highest BCUT2D eigenvalue weighted by Gasteiger charge is 2.38. The molecule has 3 aromatic rings. The third-order valence-electron chi connectivity index (χ3n) is 3.24. The second-order valence-electron chi connectivity index (χ2n) is 5.35. The molecule has 134 valence electrons. The number of alkyl halides is 3. The van der Waals surface area contributed by atoms with E-state index < -0.39 is 12.1 Å². The number of rotatable bonds is 3. The molecule has 3 aromatic heterocycles. The Kier molecular flexibility index (Phi) is 4.36. The standard InChI is InChI=1S/C15H11F3N6O2/c1-24(2)13(25)10-4-3-9(21-22-10)11-7-8(5-6-19-11)12-20-14(26-23-12)15(16,17)18/h3-7H,1-2H3. The number of carbonyl (C=O) groups is 1. The van der Waals surface area contributed by atoms with Crippen LogP contribution in [0.15, 0.2) is 35.0 Å². The molecule has 0 spiro atoms. The van der Waals surface area contributed by atoms with Crippen molar-refractivity contribution in [1.29, 1.82) is 0 Å². The van der Waals surface area contributed by atoms with Gasteiger partial charge >= 0.3 is 12.1 Å². The van der Waals surface area contributed by atoms with Gasteiger partial charge in [0.05, 0.1) is 5.69 Å². The summed E-state index contributed by atoms with van der Waals surface area (Å²) in [6.07, 6.45) is -3.35. The van der Waals surface area contributed by atoms with E-state index in [0.717, 1.165) is 0 Å². The zero-order valence-corrected chi connectivity index (χ0v) is 13.5. The molecule has 0 fully saturated rings. The molecule has 0 N–H and O–H groups in total. The van der Waals surface area contributed by atoms with Gasteiger partial charge in [0.1, 0.15) is 5.69 Å². The van der Waals surface area contributed by atoms with E-state index in [1.54, 1.807) is 14.1 Å². The maximum Gasteiger partial charge on any atom is 0.471 e. The van der Waals surface area contributed by atoms with Crippen LogP contribution < -0.4 is 0 Å². The Labute approximate surface area is 144 Å². The lowest BCUT2D eigenvalue weighted by Crippen LogP contribution is -2.23. The van der Waals surface area contributed by atoms with Crippen LogP contribution in [0.1, 0.15) is 16.4 Å². The van der Waals surface area contributed by atoms with Crippen molar-refractivity contribution in [2.45, 2.75) is 6.18 Å². The van der Waals surface area contributed by atoms with E-state index in [9.17, 15) is 18.0 Å². The number of halogens is 3. The Morgan fingerprint density at radius 1 is 1.12 bits per heavy atom. The fourth-order valence-corrected chi connectivity index (χ4v) is 1.98. The maximum absolute atomic E-state index is 12.6. The van der Waals surface area contributed by atoms with Gasteiger partial charge in [-0.15, -0.1) is 10.2 Å². The van der Waals surface area contributed by atoms with Crippen molar-refractivity contribution in [3.05, 3.63) is 42.0 Å². The first-order valence-electron chi connectivity index (χ1n) is 7.19. The predicted octanol–water partition coefficient (Wildman–Crippen LogP) is 2.31. The van der Waals surface area contributed by atoms with Crippen LogP contribution in [0.25, 0.3) is 22.8 Å². The highest BCUT2D eigenvalue weighted by molar-refractivity contribution is 5.91. The molecule has 0 saturated heterocycles. The first-order chi connectivity index (χ1) is 12.3. The Hall–Kier alpha value is -3.37. The van der Waals surface area contributed by atoms with Crippen LogP contribution in [0.3, 0.4) is 0 Å². The minimum absolute atomic E-state index is 0.155. The van der Waals surface area contributed by atoms with Crippen LogP contribution in [-0.4, -0.2) is 50.2 Å². The number of amides is 1. The van der Waals surface area contributed by atoms with Gasteiger partial charge < -0.3 is 9.42 Å². The van der Waals surface area contributed by atoms with Gasteiger partial charge in [0.25, 0.3) is 5.91 Å². The Balaban J connectivity index is 1.90. The second-order valence-corrected chi connectivity index (χ2v) is 5.35. The van der Waals surface area contributed by atoms with Crippen molar-refractivity contribution in [2.75, 3.05) is 14.1 Å². The highest BCUT2D eigenvalue weighted by Crippen LogP contribution is 2.29. The van der Waals surface area contributed by atoms with Crippen molar-refractivity contribution in [3.63, 3.8) is 0 Å². The lowest BCUT2D eigenvalue weighted by molar-refractivity contribution is -0.159. The molecule has 0 atom stereocenters. The average Bonchev–Trinajstić information content (AvgIpc) is 3.12. The molecule has 0 unspecified atom stereocenters. The van der Waals surface area contributed by atoms with Crippen LogP contribution >= 0.6 is 0 Å². The first-order valence-corrected chi connectivity index (χ1v) is 7.19. The second kappa shape index (κ2) is 6.50. The number of aromatic nitrogens is 5. The molecule has 11 heteroatoms. The molecule has 26 heavy (non-hydrogen) atoms. The smallest absolute Gasteiger partial charge is 0.343 e. The molecule has 0 aliphatic heterocycles. The molecule has 0 aliphatic carbocycles. The molecule has 0 radical (unpaired) electrons. The van der Waals surface area contributed by atoms with Gasteiger partial charge in [-0.05, 0) is 24.3 Å². The molecule has 3 heterocycles. The normalized spacial score (nSPS) is 11.4. The Morgan fingerprint density at radius 2 is 1.88 bits per heavy atom. The summed E-state index contributed by atoms with van der Waals surface area (Å²) in [5.74, 6) is -1.97. The van der Waals surface area contributed by atoms with Crippen molar-refractivity contribution in [1.82, 2.24) is 30.2 Å². The van der Waals surface area contributed by atoms with E-state index in [4.69, 9.17) is 0 Å². The largest absolute Gasteiger partial charge is 0.471 e. The molecule has 0 aliphatic rings. The van der Waals surface area contributed by atoms with E-state index in [1.165, 1.54) is 35.4 Å². The fraction of sp³-hybridized carbons (Fsp3) is 0.200. The van der Waals surface area contributed by atoms with Crippen molar-refractivity contribution in [3.8, 4) is 22.8 Å². The summed E-state index contributed by atoms with van der Waals surface area (Å²) in [4.78, 5) is 20.6. The van der Waals surface area contributed by atoms with E-state index in [1.807, 2.05) is 0 Å². The van der Waals surface area contributed by atoms with Gasteiger partial charge in [-0.25, -0.2) is 0 Å². The van der Waals surface area contributed by atoms with Crippen molar-refractivity contribution >= 4 is 5.91 Å². The zero-order chi connectivity index (χ0) is 18.9. The molecular weight excluding hydrogens is 353 g/mol. The molecule has 0 bridgehead atoms. The van der Waals surface area contributed by atoms with Crippen LogP contribution in [0.4, 0.5) is 13.2 Å². The molecule has 0 aromatic carbocycles. The van der Waals surface area contributed by atoms with Crippen LogP contribution in [-0.2, 0) is 6.18 Å². The number of carbonyl (C=O) groups excluding carboxylic acids is 1. The molecule has 3 rings (SSSR count). The van der Waals surface area contributed by atoms with Crippen LogP contribution in [0.2, 0.25) is 0 Å². The molecular formula is C15H11F3N6O2. The molecule has 8 nitrogen and oxygen atoms in total. The Morgan fingerprint density at radius 3 is 2.46 bits per heavy atom. The average molecular weight is 364 g/mol. The fourth-order valence-electron chi connectivity index (χ4n) is 1.98. The lowest BCUT2D eigenvalue weighted by atomic mass is 10.1. The summed E-state index contributed by atoms with van der Waals surface area (Å²) < 4.78 is 41.9. The quantitative estimate of drug-likeness (QED) is 0.703. The van der Waals surface area contributed by atoms with E-state index >= 15 is 0 Å². The van der Waals surface area contributed by atoms with E-state index in [-0.39, 0.29) is 23.0 Å². The van der Waals surface area contributed by atoms with Crippen LogP contribution in [0, 0.1) is 0 Å². The summed E-state index contributed by atoms with van der Waals surface area (Å²) in [5, 5.41) is 11.1. The zero-order valence-electron chi connectivity index (χ0n) is 13.5. The maximum atomic E-state index is 12.6. The third kappa shape index (κ3) is 3.50. The highest BCUT2D eigenvalue weighted by atomic mass is 19.4. The van der Waals surface area contributed by atoms with Gasteiger partial charge in [0.2, 0.25) is 5.82 Å². The van der Waals surface area contributed by atoms with Gasteiger partial charge in [-0.2, -0.15) is 18.2 Å². The summed E-state index contributed by atoms with van der Waals surface area (Å²) in [5.41, 5.74) is 1.09. The van der Waals surface area contributed by atoms with Crippen LogP contribution in [0.5, 0.6) is 0 Å². The summed E-state index contributed by atoms with van der Waals surface area (Å²) in [7, 11) is 3.17. The van der Waals surface area contributed by atoms with E-state index in [0.29, 0.717) is 11.4 Å². The van der Waals surface area contributed by atoms with E-state index in [2.05, 4.69) is 29.8 Å². The number of hydrogen-bond acceptors (Lipinski definition) is 7. The van der Waals surface area contributed by atoms with Gasteiger partial charge in [-0.3, -0.25) is 9.78 Å². The Bertz CT molecular complexity index is 937. The molecule has 1 amide bonds. The number of pyridine rings is 1. The SMILES string of the molecule is CN(C)C(=O)c1ccc(-c2cc(-c3noc(C(F)(F)F)n3)ccn2)nn1. The van der Waals surface area contributed by atoms with Gasteiger partial charge in [-0.1, -0.05) is 5.16 Å². The number of nitrogens with zero attached hydrogens (tertiary/aromatic N) is 6. The monoisotopic (exact) mass is 364 g/mol. The third-order valence-corrected chi connectivity index (χ3v) is 3.24. The summed E-state index contributed by atoms with van der Waals surface area (Å²) in [6, 6.07) is 5.90. The van der Waals surface area contributed by atoms with Gasteiger partial charge in [0.15, 0.2) is 5.69 Å².